The number of amides is 2. The molecule has 1 aromatic rings. The van der Waals surface area contributed by atoms with Gasteiger partial charge < -0.3 is 30.0 Å². The van der Waals surface area contributed by atoms with Gasteiger partial charge in [-0.25, -0.2) is 0 Å². The van der Waals surface area contributed by atoms with Crippen LogP contribution in [0.3, 0.4) is 0 Å². The lowest BCUT2D eigenvalue weighted by atomic mass is 9.75. The fourth-order valence-corrected chi connectivity index (χ4v) is 7.18. The third-order valence-corrected chi connectivity index (χ3v) is 10.1. The molecule has 3 N–H and O–H groups in total. The number of benzene rings is 1. The molecule has 4 unspecified atom stereocenters. The second-order valence-electron chi connectivity index (χ2n) is 12.9. The summed E-state index contributed by atoms with van der Waals surface area (Å²) in [4.78, 5) is 38.7. The number of methoxy groups -OCH3 is 2. The molecule has 4 aliphatic rings. The average Bonchev–Trinajstić information content (AvgIpc) is 3.42. The van der Waals surface area contributed by atoms with Crippen molar-refractivity contribution in [3.63, 3.8) is 0 Å². The Balaban J connectivity index is 1.30. The number of nitriles is 1. The summed E-state index contributed by atoms with van der Waals surface area (Å²) in [6.07, 6.45) is 6.72. The summed E-state index contributed by atoms with van der Waals surface area (Å²) in [6.45, 7) is 2.97. The largest absolute Gasteiger partial charge is 0.496 e. The normalized spacial score (nSPS) is 31.1. The molecule has 41 heavy (non-hydrogen) atoms. The zero-order valence-corrected chi connectivity index (χ0v) is 24.2. The number of carboxylic acid groups (broad SMARTS) is 1. The Morgan fingerprint density at radius 3 is 2.37 bits per heavy atom. The Bertz CT molecular complexity index is 1230. The standard InChI is InChI=1S/C31H41N3O7/c1-30(29(37)38)8-6-21(7-9-30)41-23-14-22(24(40-3)13-20(23)15-32)27(35)34-26-19-5-4-18(12-19)25(26)28(36)33-16-31(10-11-31)17-39-2/h13-14,18-19,21,25-26H,4-12,16-17H2,1-3H3,(H,33,36)(H,34,35)(H,37,38). The number of rotatable bonds is 11. The molecule has 4 atom stereocenters. The van der Waals surface area contributed by atoms with Gasteiger partial charge in [0.2, 0.25) is 5.91 Å². The first-order chi connectivity index (χ1) is 19.6. The van der Waals surface area contributed by atoms with Crippen LogP contribution in [0.5, 0.6) is 11.5 Å². The number of carbonyl (C=O) groups is 3. The van der Waals surface area contributed by atoms with E-state index in [4.69, 9.17) is 14.2 Å². The second kappa shape index (κ2) is 11.5. The van der Waals surface area contributed by atoms with E-state index in [2.05, 4.69) is 16.7 Å². The van der Waals surface area contributed by atoms with Gasteiger partial charge in [-0.1, -0.05) is 0 Å². The van der Waals surface area contributed by atoms with Crippen molar-refractivity contribution in [1.82, 2.24) is 10.6 Å². The highest BCUT2D eigenvalue weighted by Gasteiger charge is 2.52. The van der Waals surface area contributed by atoms with Crippen LogP contribution < -0.4 is 20.1 Å². The Morgan fingerprint density at radius 1 is 1.05 bits per heavy atom. The van der Waals surface area contributed by atoms with Gasteiger partial charge in [0, 0.05) is 31.2 Å². The molecule has 5 rings (SSSR count). The van der Waals surface area contributed by atoms with Crippen molar-refractivity contribution in [1.29, 1.82) is 5.26 Å². The molecule has 0 spiro atoms. The summed E-state index contributed by atoms with van der Waals surface area (Å²) in [5.74, 6) is -0.469. The number of carbonyl (C=O) groups excluding carboxylic acids is 2. The number of carboxylic acids is 1. The molecule has 10 heteroatoms. The number of nitrogens with one attached hydrogen (secondary N) is 2. The molecule has 0 saturated heterocycles. The Labute approximate surface area is 241 Å². The van der Waals surface area contributed by atoms with Crippen molar-refractivity contribution in [2.75, 3.05) is 27.4 Å². The fourth-order valence-electron chi connectivity index (χ4n) is 7.18. The molecule has 0 aromatic heterocycles. The van der Waals surface area contributed by atoms with Crippen molar-refractivity contribution < 1.29 is 33.7 Å². The molecular formula is C31H41N3O7. The van der Waals surface area contributed by atoms with Crippen LogP contribution >= 0.6 is 0 Å². The van der Waals surface area contributed by atoms with Gasteiger partial charge in [0.1, 0.15) is 17.6 Å². The van der Waals surface area contributed by atoms with Crippen LogP contribution in [-0.4, -0.2) is 62.4 Å². The van der Waals surface area contributed by atoms with E-state index in [1.807, 2.05) is 0 Å². The summed E-state index contributed by atoms with van der Waals surface area (Å²) in [5, 5.41) is 25.6. The van der Waals surface area contributed by atoms with Gasteiger partial charge >= 0.3 is 5.97 Å². The molecule has 10 nitrogen and oxygen atoms in total. The van der Waals surface area contributed by atoms with Gasteiger partial charge in [-0.3, -0.25) is 14.4 Å². The zero-order valence-electron chi connectivity index (χ0n) is 24.2. The van der Waals surface area contributed by atoms with Crippen molar-refractivity contribution in [2.24, 2.45) is 28.6 Å². The summed E-state index contributed by atoms with van der Waals surface area (Å²) < 4.78 is 17.0. The maximum Gasteiger partial charge on any atom is 0.309 e. The van der Waals surface area contributed by atoms with Gasteiger partial charge in [-0.15, -0.1) is 0 Å². The number of aliphatic carboxylic acids is 1. The molecule has 4 aliphatic carbocycles. The molecule has 222 valence electrons. The van der Waals surface area contributed by atoms with E-state index in [9.17, 15) is 24.8 Å². The first-order valence-electron chi connectivity index (χ1n) is 14.7. The Hall–Kier alpha value is -3.32. The molecule has 2 bridgehead atoms. The van der Waals surface area contributed by atoms with E-state index in [1.165, 1.54) is 13.2 Å². The zero-order chi connectivity index (χ0) is 29.4. The lowest BCUT2D eigenvalue weighted by Crippen LogP contribution is -2.50. The van der Waals surface area contributed by atoms with E-state index < -0.39 is 11.4 Å². The molecule has 2 amide bonds. The van der Waals surface area contributed by atoms with Crippen LogP contribution in [-0.2, 0) is 14.3 Å². The highest BCUT2D eigenvalue weighted by molar-refractivity contribution is 5.98. The second-order valence-corrected chi connectivity index (χ2v) is 12.9. The molecular weight excluding hydrogens is 526 g/mol. The van der Waals surface area contributed by atoms with Gasteiger partial charge in [0.05, 0.1) is 42.3 Å². The van der Waals surface area contributed by atoms with Crippen molar-refractivity contribution in [3.8, 4) is 17.6 Å². The van der Waals surface area contributed by atoms with E-state index in [0.717, 1.165) is 32.1 Å². The SMILES string of the molecule is COCC1(CNC(=O)C2C3CCC(C3)C2NC(=O)c2cc(OC3CCC(C)(C(=O)O)CC3)c(C#N)cc2OC)CC1. The summed E-state index contributed by atoms with van der Waals surface area (Å²) in [6, 6.07) is 4.89. The van der Waals surface area contributed by atoms with Crippen LogP contribution in [0.15, 0.2) is 12.1 Å². The van der Waals surface area contributed by atoms with Crippen LogP contribution in [0.1, 0.15) is 80.6 Å². The first-order valence-corrected chi connectivity index (χ1v) is 14.7. The predicted molar refractivity (Wildman–Crippen MR) is 148 cm³/mol. The number of hydrogen-bond donors (Lipinski definition) is 3. The third kappa shape index (κ3) is 5.87. The topological polar surface area (TPSA) is 147 Å². The Morgan fingerprint density at radius 2 is 1.76 bits per heavy atom. The first kappa shape index (κ1) is 29.2. The molecule has 0 heterocycles. The molecule has 4 fully saturated rings. The third-order valence-electron chi connectivity index (χ3n) is 10.1. The number of nitrogens with zero attached hydrogens (tertiary/aromatic N) is 1. The van der Waals surface area contributed by atoms with Crippen LogP contribution in [0.4, 0.5) is 0 Å². The maximum absolute atomic E-state index is 13.7. The summed E-state index contributed by atoms with van der Waals surface area (Å²) in [5.41, 5.74) is -0.258. The van der Waals surface area contributed by atoms with Gasteiger partial charge in [0.25, 0.3) is 5.91 Å². The predicted octanol–water partition coefficient (Wildman–Crippen LogP) is 3.67. The minimum absolute atomic E-state index is 0.00801. The van der Waals surface area contributed by atoms with Gasteiger partial charge in [-0.2, -0.15) is 5.26 Å². The lowest BCUT2D eigenvalue weighted by Gasteiger charge is -2.34. The quantitative estimate of drug-likeness (QED) is 0.367. The summed E-state index contributed by atoms with van der Waals surface area (Å²) >= 11 is 0. The minimum Gasteiger partial charge on any atom is -0.496 e. The minimum atomic E-state index is -0.813. The highest BCUT2D eigenvalue weighted by Crippen LogP contribution is 2.50. The summed E-state index contributed by atoms with van der Waals surface area (Å²) in [7, 11) is 3.13. The van der Waals surface area contributed by atoms with Gasteiger partial charge in [0.15, 0.2) is 0 Å². The fraction of sp³-hybridized carbons (Fsp3) is 0.677. The van der Waals surface area contributed by atoms with Crippen LogP contribution in [0.2, 0.25) is 0 Å². The van der Waals surface area contributed by atoms with E-state index in [0.29, 0.717) is 38.8 Å². The van der Waals surface area contributed by atoms with E-state index in [-0.39, 0.29) is 69.8 Å². The Kier molecular flexibility index (Phi) is 8.20. The number of fused-ring (bicyclic) bond motifs is 2. The molecule has 1 aromatic carbocycles. The lowest BCUT2D eigenvalue weighted by molar-refractivity contribution is -0.150. The van der Waals surface area contributed by atoms with E-state index >= 15 is 0 Å². The van der Waals surface area contributed by atoms with Gasteiger partial charge in [-0.05, 0) is 82.6 Å². The smallest absolute Gasteiger partial charge is 0.309 e. The maximum atomic E-state index is 13.7. The van der Waals surface area contributed by atoms with Crippen molar-refractivity contribution in [2.45, 2.75) is 76.9 Å². The van der Waals surface area contributed by atoms with Crippen LogP contribution in [0, 0.1) is 39.9 Å². The average molecular weight is 568 g/mol. The van der Waals surface area contributed by atoms with Crippen LogP contribution in [0.25, 0.3) is 0 Å². The highest BCUT2D eigenvalue weighted by atomic mass is 16.5. The number of ether oxygens (including phenoxy) is 3. The number of hydrogen-bond acceptors (Lipinski definition) is 7. The van der Waals surface area contributed by atoms with Crippen molar-refractivity contribution >= 4 is 17.8 Å². The molecule has 0 aliphatic heterocycles. The molecule has 0 radical (unpaired) electrons. The van der Waals surface area contributed by atoms with Crippen molar-refractivity contribution in [3.05, 3.63) is 23.3 Å². The molecule has 4 saturated carbocycles. The monoisotopic (exact) mass is 567 g/mol. The van der Waals surface area contributed by atoms with E-state index in [1.54, 1.807) is 20.1 Å².